The van der Waals surface area contributed by atoms with E-state index in [1.807, 2.05) is 0 Å². The minimum absolute atomic E-state index is 0.352. The molecule has 1 heterocycles. The summed E-state index contributed by atoms with van der Waals surface area (Å²) < 4.78 is 1.15. The molecule has 0 aliphatic carbocycles. The van der Waals surface area contributed by atoms with Crippen molar-refractivity contribution in [1.29, 1.82) is 0 Å². The Balaban J connectivity index is 1.87. The normalized spacial score (nSPS) is 18.9. The SMILES string of the molecule is OCC1CCN(Cc2cccc(Br)c2)CC1. The van der Waals surface area contributed by atoms with Crippen LogP contribution in [0.1, 0.15) is 18.4 Å². The molecule has 0 spiro atoms. The lowest BCUT2D eigenvalue weighted by Crippen LogP contribution is -2.34. The van der Waals surface area contributed by atoms with Gasteiger partial charge in [-0.15, -0.1) is 0 Å². The van der Waals surface area contributed by atoms with Gasteiger partial charge in [-0.2, -0.15) is 0 Å². The Bertz CT molecular complexity index is 334. The third-order valence-electron chi connectivity index (χ3n) is 3.26. The van der Waals surface area contributed by atoms with Gasteiger partial charge in [0.2, 0.25) is 0 Å². The van der Waals surface area contributed by atoms with Crippen molar-refractivity contribution in [2.75, 3.05) is 19.7 Å². The van der Waals surface area contributed by atoms with E-state index in [4.69, 9.17) is 5.11 Å². The number of halogens is 1. The van der Waals surface area contributed by atoms with Crippen LogP contribution in [0.3, 0.4) is 0 Å². The van der Waals surface area contributed by atoms with Gasteiger partial charge < -0.3 is 5.11 Å². The van der Waals surface area contributed by atoms with Crippen molar-refractivity contribution in [1.82, 2.24) is 4.90 Å². The highest BCUT2D eigenvalue weighted by atomic mass is 79.9. The molecule has 0 amide bonds. The summed E-state index contributed by atoms with van der Waals surface area (Å²) in [6.07, 6.45) is 2.26. The number of hydrogen-bond donors (Lipinski definition) is 1. The van der Waals surface area contributed by atoms with Crippen LogP contribution in [0.2, 0.25) is 0 Å². The first-order valence-corrected chi connectivity index (χ1v) is 6.65. The summed E-state index contributed by atoms with van der Waals surface area (Å²) in [4.78, 5) is 2.47. The average Bonchev–Trinajstić information content (AvgIpc) is 2.30. The molecule has 1 saturated heterocycles. The lowest BCUT2D eigenvalue weighted by molar-refractivity contribution is 0.127. The Morgan fingerprint density at radius 2 is 2.06 bits per heavy atom. The van der Waals surface area contributed by atoms with Gasteiger partial charge in [0.05, 0.1) is 0 Å². The molecule has 0 unspecified atom stereocenters. The van der Waals surface area contributed by atoms with Crippen LogP contribution < -0.4 is 0 Å². The van der Waals surface area contributed by atoms with E-state index in [0.717, 1.165) is 36.9 Å². The first-order chi connectivity index (χ1) is 7.78. The minimum Gasteiger partial charge on any atom is -0.396 e. The van der Waals surface area contributed by atoms with Crippen LogP contribution in [0.5, 0.6) is 0 Å². The summed E-state index contributed by atoms with van der Waals surface area (Å²) in [5.41, 5.74) is 1.36. The van der Waals surface area contributed by atoms with Crippen molar-refractivity contribution < 1.29 is 5.11 Å². The second-order valence-corrected chi connectivity index (χ2v) is 5.45. The standard InChI is InChI=1S/C13H18BrNO/c14-13-3-1-2-12(8-13)9-15-6-4-11(10-16)5-7-15/h1-3,8,11,16H,4-7,9-10H2. The molecule has 1 aromatic carbocycles. The molecular formula is C13H18BrNO. The number of aliphatic hydroxyl groups is 1. The number of benzene rings is 1. The Morgan fingerprint density at radius 3 is 2.69 bits per heavy atom. The van der Waals surface area contributed by atoms with E-state index in [2.05, 4.69) is 45.1 Å². The molecule has 3 heteroatoms. The lowest BCUT2D eigenvalue weighted by atomic mass is 9.97. The summed E-state index contributed by atoms with van der Waals surface area (Å²) >= 11 is 3.50. The molecule has 0 radical (unpaired) electrons. The smallest absolute Gasteiger partial charge is 0.0460 e. The average molecular weight is 284 g/mol. The number of piperidine rings is 1. The predicted octanol–water partition coefficient (Wildman–Crippen LogP) is 2.65. The maximum atomic E-state index is 9.08. The van der Waals surface area contributed by atoms with Crippen LogP contribution in [0, 0.1) is 5.92 Å². The Hall–Kier alpha value is -0.380. The molecule has 1 aliphatic heterocycles. The first-order valence-electron chi connectivity index (χ1n) is 5.85. The number of rotatable bonds is 3. The largest absolute Gasteiger partial charge is 0.396 e. The van der Waals surface area contributed by atoms with Crippen molar-refractivity contribution in [3.05, 3.63) is 34.3 Å². The van der Waals surface area contributed by atoms with Crippen LogP contribution in [0.25, 0.3) is 0 Å². The molecule has 1 N–H and O–H groups in total. The molecule has 0 aromatic heterocycles. The van der Waals surface area contributed by atoms with Crippen molar-refractivity contribution >= 4 is 15.9 Å². The van der Waals surface area contributed by atoms with Gasteiger partial charge in [0.15, 0.2) is 0 Å². The van der Waals surface area contributed by atoms with Crippen LogP contribution in [-0.4, -0.2) is 29.7 Å². The summed E-state index contributed by atoms with van der Waals surface area (Å²) in [6, 6.07) is 8.49. The quantitative estimate of drug-likeness (QED) is 0.922. The molecule has 16 heavy (non-hydrogen) atoms. The maximum absolute atomic E-state index is 9.08. The Kier molecular flexibility index (Phi) is 4.38. The second-order valence-electron chi connectivity index (χ2n) is 4.53. The van der Waals surface area contributed by atoms with Crippen LogP contribution in [-0.2, 0) is 6.54 Å². The van der Waals surface area contributed by atoms with E-state index in [1.165, 1.54) is 5.56 Å². The maximum Gasteiger partial charge on any atom is 0.0460 e. The van der Waals surface area contributed by atoms with E-state index in [9.17, 15) is 0 Å². The molecular weight excluding hydrogens is 266 g/mol. The second kappa shape index (κ2) is 5.80. The van der Waals surface area contributed by atoms with Crippen LogP contribution >= 0.6 is 15.9 Å². The zero-order valence-corrected chi connectivity index (χ0v) is 11.0. The van der Waals surface area contributed by atoms with Crippen molar-refractivity contribution in [3.63, 3.8) is 0 Å². The molecule has 0 atom stereocenters. The van der Waals surface area contributed by atoms with E-state index >= 15 is 0 Å². The van der Waals surface area contributed by atoms with E-state index < -0.39 is 0 Å². The van der Waals surface area contributed by atoms with Crippen molar-refractivity contribution in [2.24, 2.45) is 5.92 Å². The number of hydrogen-bond acceptors (Lipinski definition) is 2. The van der Waals surface area contributed by atoms with E-state index in [-0.39, 0.29) is 0 Å². The molecule has 1 aromatic rings. The summed E-state index contributed by atoms with van der Waals surface area (Å²) in [7, 11) is 0. The molecule has 0 saturated carbocycles. The Labute approximate surface area is 105 Å². The number of nitrogens with zero attached hydrogens (tertiary/aromatic N) is 1. The molecule has 1 aliphatic rings. The highest BCUT2D eigenvalue weighted by molar-refractivity contribution is 9.10. The zero-order chi connectivity index (χ0) is 11.4. The topological polar surface area (TPSA) is 23.5 Å². The number of aliphatic hydroxyl groups excluding tert-OH is 1. The summed E-state index contributed by atoms with van der Waals surface area (Å²) in [5, 5.41) is 9.08. The lowest BCUT2D eigenvalue weighted by Gasteiger charge is -2.31. The zero-order valence-electron chi connectivity index (χ0n) is 9.40. The van der Waals surface area contributed by atoms with Gasteiger partial charge in [0.1, 0.15) is 0 Å². The molecule has 2 rings (SSSR count). The van der Waals surface area contributed by atoms with Gasteiger partial charge in [-0.05, 0) is 49.5 Å². The van der Waals surface area contributed by atoms with Crippen molar-refractivity contribution in [2.45, 2.75) is 19.4 Å². The third kappa shape index (κ3) is 3.30. The van der Waals surface area contributed by atoms with Gasteiger partial charge in [-0.3, -0.25) is 4.90 Å². The van der Waals surface area contributed by atoms with E-state index in [1.54, 1.807) is 0 Å². The van der Waals surface area contributed by atoms with Crippen LogP contribution in [0.4, 0.5) is 0 Å². The van der Waals surface area contributed by atoms with Gasteiger partial charge >= 0.3 is 0 Å². The molecule has 88 valence electrons. The Morgan fingerprint density at radius 1 is 1.31 bits per heavy atom. The summed E-state index contributed by atoms with van der Waals surface area (Å²) in [6.45, 7) is 3.60. The van der Waals surface area contributed by atoms with Gasteiger partial charge in [0, 0.05) is 17.6 Å². The first kappa shape index (κ1) is 12.1. The highest BCUT2D eigenvalue weighted by Gasteiger charge is 2.18. The van der Waals surface area contributed by atoms with E-state index in [0.29, 0.717) is 12.5 Å². The van der Waals surface area contributed by atoms with Gasteiger partial charge in [0.25, 0.3) is 0 Å². The fraction of sp³-hybridized carbons (Fsp3) is 0.538. The third-order valence-corrected chi connectivity index (χ3v) is 3.75. The molecule has 1 fully saturated rings. The van der Waals surface area contributed by atoms with Gasteiger partial charge in [-0.25, -0.2) is 0 Å². The van der Waals surface area contributed by atoms with Crippen LogP contribution in [0.15, 0.2) is 28.7 Å². The fourth-order valence-electron chi connectivity index (χ4n) is 2.22. The molecule has 2 nitrogen and oxygen atoms in total. The van der Waals surface area contributed by atoms with Crippen molar-refractivity contribution in [3.8, 4) is 0 Å². The molecule has 0 bridgehead atoms. The van der Waals surface area contributed by atoms with Gasteiger partial charge in [-0.1, -0.05) is 28.1 Å². The number of likely N-dealkylation sites (tertiary alicyclic amines) is 1. The highest BCUT2D eigenvalue weighted by Crippen LogP contribution is 2.19. The fourth-order valence-corrected chi connectivity index (χ4v) is 2.67. The predicted molar refractivity (Wildman–Crippen MR) is 69.2 cm³/mol. The summed E-state index contributed by atoms with van der Waals surface area (Å²) in [5.74, 6) is 0.527. The minimum atomic E-state index is 0.352. The monoisotopic (exact) mass is 283 g/mol.